The molecule has 1 N–H and O–H groups in total. The monoisotopic (exact) mass is 353 g/mol. The third-order valence-corrected chi connectivity index (χ3v) is 4.51. The van der Waals surface area contributed by atoms with Crippen LogP contribution in [0.2, 0.25) is 10.0 Å². The highest BCUT2D eigenvalue weighted by Gasteiger charge is 2.34. The number of carbonyl (C=O) groups excluding carboxylic acids is 1. The highest BCUT2D eigenvalue weighted by Crippen LogP contribution is 2.36. The molecule has 0 aliphatic heterocycles. The summed E-state index contributed by atoms with van der Waals surface area (Å²) in [6, 6.07) is 4.19. The lowest BCUT2D eigenvalue weighted by atomic mass is 10.3. The van der Waals surface area contributed by atoms with E-state index >= 15 is 0 Å². The molecule has 21 heavy (non-hydrogen) atoms. The predicted octanol–water partition coefficient (Wildman–Crippen LogP) is 3.68. The Balaban J connectivity index is 2.37. The normalized spacial score (nSPS) is 16.0. The van der Waals surface area contributed by atoms with Crippen LogP contribution in [0.1, 0.15) is 25.7 Å². The van der Waals surface area contributed by atoms with Crippen LogP contribution in [0.4, 0.5) is 10.5 Å². The quantitative estimate of drug-likeness (QED) is 0.837. The molecule has 1 aliphatic carbocycles. The van der Waals surface area contributed by atoms with Crippen molar-refractivity contribution < 1.29 is 22.5 Å². The van der Waals surface area contributed by atoms with Gasteiger partial charge in [-0.15, -0.1) is 4.31 Å². The van der Waals surface area contributed by atoms with Crippen molar-refractivity contribution in [1.82, 2.24) is 0 Å². The van der Waals surface area contributed by atoms with Gasteiger partial charge in [0.15, 0.2) is 0 Å². The predicted molar refractivity (Wildman–Crippen MR) is 79.2 cm³/mol. The minimum atomic E-state index is -4.91. The fraction of sp³-hybridized carbons (Fsp3) is 0.417. The van der Waals surface area contributed by atoms with Crippen molar-refractivity contribution in [3.05, 3.63) is 28.2 Å². The Morgan fingerprint density at radius 1 is 1.24 bits per heavy atom. The second-order valence-electron chi connectivity index (χ2n) is 4.60. The fourth-order valence-electron chi connectivity index (χ4n) is 2.18. The van der Waals surface area contributed by atoms with Crippen LogP contribution in [0.25, 0.3) is 0 Å². The zero-order valence-electron chi connectivity index (χ0n) is 10.8. The Hall–Kier alpha value is -1.02. The van der Waals surface area contributed by atoms with E-state index in [1.54, 1.807) is 0 Å². The first kappa shape index (κ1) is 16.4. The lowest BCUT2D eigenvalue weighted by Gasteiger charge is -2.22. The Morgan fingerprint density at radius 2 is 1.76 bits per heavy atom. The smallest absolute Gasteiger partial charge is 0.430 e. The first-order chi connectivity index (χ1) is 9.80. The first-order valence-corrected chi connectivity index (χ1v) is 8.38. The van der Waals surface area contributed by atoms with Crippen LogP contribution in [0.3, 0.4) is 0 Å². The summed E-state index contributed by atoms with van der Waals surface area (Å²) in [6.45, 7) is 0. The maximum atomic E-state index is 12.1. The summed E-state index contributed by atoms with van der Waals surface area (Å²) in [5.74, 6) is 0. The van der Waals surface area contributed by atoms with Crippen molar-refractivity contribution >= 4 is 45.3 Å². The van der Waals surface area contributed by atoms with Crippen molar-refractivity contribution in [3.63, 3.8) is 0 Å². The Kier molecular flexibility index (Phi) is 4.98. The summed E-state index contributed by atoms with van der Waals surface area (Å²) in [5, 5.41) is -0.188. The number of rotatable bonds is 3. The second-order valence-corrected chi connectivity index (χ2v) is 6.68. The Bertz CT molecular complexity index is 623. The number of benzene rings is 1. The van der Waals surface area contributed by atoms with Crippen molar-refractivity contribution in [1.29, 1.82) is 0 Å². The highest BCUT2D eigenvalue weighted by molar-refractivity contribution is 7.88. The van der Waals surface area contributed by atoms with Gasteiger partial charge in [-0.2, -0.15) is 8.42 Å². The van der Waals surface area contributed by atoms with Gasteiger partial charge in [0, 0.05) is 0 Å². The summed E-state index contributed by atoms with van der Waals surface area (Å²) in [7, 11) is -4.91. The lowest BCUT2D eigenvalue weighted by Crippen LogP contribution is -2.39. The van der Waals surface area contributed by atoms with Gasteiger partial charge < -0.3 is 4.74 Å². The SMILES string of the molecule is O=C(OC1CCCC1)N(c1c(Cl)cccc1Cl)S(=O)(=O)O. The third kappa shape index (κ3) is 3.79. The molecule has 1 amide bonds. The topological polar surface area (TPSA) is 83.9 Å². The van der Waals surface area contributed by atoms with Gasteiger partial charge in [0.1, 0.15) is 11.8 Å². The zero-order chi connectivity index (χ0) is 15.6. The number of hydrogen-bond donors (Lipinski definition) is 1. The molecule has 1 saturated carbocycles. The van der Waals surface area contributed by atoms with E-state index < -0.39 is 16.4 Å². The number of nitrogens with zero attached hydrogens (tertiary/aromatic N) is 1. The van der Waals surface area contributed by atoms with Crippen LogP contribution >= 0.6 is 23.2 Å². The molecule has 0 atom stereocenters. The number of hydrogen-bond acceptors (Lipinski definition) is 4. The molecule has 6 nitrogen and oxygen atoms in total. The van der Waals surface area contributed by atoms with Gasteiger partial charge in [-0.1, -0.05) is 29.3 Å². The van der Waals surface area contributed by atoms with E-state index in [2.05, 4.69) is 0 Å². The van der Waals surface area contributed by atoms with Gasteiger partial charge >= 0.3 is 16.4 Å². The maximum absolute atomic E-state index is 12.1. The van der Waals surface area contributed by atoms with E-state index in [-0.39, 0.29) is 26.1 Å². The van der Waals surface area contributed by atoms with E-state index in [1.165, 1.54) is 18.2 Å². The molecule has 0 bridgehead atoms. The summed E-state index contributed by atoms with van der Waals surface area (Å²) < 4.78 is 37.5. The molecule has 0 aromatic heterocycles. The Morgan fingerprint density at radius 3 is 2.24 bits per heavy atom. The number of carbonyl (C=O) groups is 1. The van der Waals surface area contributed by atoms with Gasteiger partial charge in [-0.05, 0) is 37.8 Å². The van der Waals surface area contributed by atoms with E-state index in [0.717, 1.165) is 12.8 Å². The molecule has 0 radical (unpaired) electrons. The fourth-order valence-corrected chi connectivity index (χ4v) is 3.51. The summed E-state index contributed by atoms with van der Waals surface area (Å²) in [4.78, 5) is 12.1. The molecule has 0 heterocycles. The average Bonchev–Trinajstić information content (AvgIpc) is 2.84. The van der Waals surface area contributed by atoms with Crippen LogP contribution in [-0.2, 0) is 15.0 Å². The average molecular weight is 354 g/mol. The number of amides is 1. The third-order valence-electron chi connectivity index (χ3n) is 3.11. The summed E-state index contributed by atoms with van der Waals surface area (Å²) in [5.41, 5.74) is -0.327. The summed E-state index contributed by atoms with van der Waals surface area (Å²) >= 11 is 11.8. The molecule has 1 aliphatic rings. The van der Waals surface area contributed by atoms with E-state index in [9.17, 15) is 17.8 Å². The maximum Gasteiger partial charge on any atom is 0.430 e. The van der Waals surface area contributed by atoms with E-state index in [1.807, 2.05) is 0 Å². The van der Waals surface area contributed by atoms with Crippen LogP contribution in [0.15, 0.2) is 18.2 Å². The number of ether oxygens (including phenoxy) is 1. The minimum absolute atomic E-state index is 0.0794. The molecule has 1 fully saturated rings. The molecule has 1 aromatic carbocycles. The van der Waals surface area contributed by atoms with Crippen molar-refractivity contribution in [2.24, 2.45) is 0 Å². The summed E-state index contributed by atoms with van der Waals surface area (Å²) in [6.07, 6.45) is 1.51. The van der Waals surface area contributed by atoms with Gasteiger partial charge in [0.25, 0.3) is 0 Å². The van der Waals surface area contributed by atoms with Crippen LogP contribution in [0, 0.1) is 0 Å². The van der Waals surface area contributed by atoms with Crippen LogP contribution in [-0.4, -0.2) is 25.2 Å². The molecule has 1 aromatic rings. The number of para-hydroxylation sites is 1. The van der Waals surface area contributed by atoms with E-state index in [0.29, 0.717) is 12.8 Å². The van der Waals surface area contributed by atoms with Crippen LogP contribution in [0.5, 0.6) is 0 Å². The number of halogens is 2. The van der Waals surface area contributed by atoms with Crippen molar-refractivity contribution in [3.8, 4) is 0 Å². The van der Waals surface area contributed by atoms with Gasteiger partial charge in [0.05, 0.1) is 10.0 Å². The second kappa shape index (κ2) is 6.39. The largest absolute Gasteiger partial charge is 0.445 e. The molecule has 116 valence electrons. The molecule has 0 spiro atoms. The van der Waals surface area contributed by atoms with Crippen molar-refractivity contribution in [2.75, 3.05) is 4.31 Å². The molecule has 9 heteroatoms. The molecular weight excluding hydrogens is 341 g/mol. The van der Waals surface area contributed by atoms with Gasteiger partial charge in [-0.3, -0.25) is 4.55 Å². The molecular formula is C12H13Cl2NO5S. The molecule has 2 rings (SSSR count). The highest BCUT2D eigenvalue weighted by atomic mass is 35.5. The Labute approximate surface area is 132 Å². The van der Waals surface area contributed by atoms with Crippen LogP contribution < -0.4 is 4.31 Å². The minimum Gasteiger partial charge on any atom is -0.445 e. The van der Waals surface area contributed by atoms with E-state index in [4.69, 9.17) is 27.9 Å². The molecule has 0 unspecified atom stereocenters. The van der Waals surface area contributed by atoms with Crippen molar-refractivity contribution in [2.45, 2.75) is 31.8 Å². The van der Waals surface area contributed by atoms with Gasteiger partial charge in [0.2, 0.25) is 0 Å². The van der Waals surface area contributed by atoms with Gasteiger partial charge in [-0.25, -0.2) is 4.79 Å². The number of anilines is 1. The molecule has 0 saturated heterocycles. The first-order valence-electron chi connectivity index (χ1n) is 6.23. The standard InChI is InChI=1S/C12H13Cl2NO5S/c13-9-6-3-7-10(14)11(9)15(21(17,18)19)12(16)20-8-4-1-2-5-8/h3,6-8H,1-2,4-5H2,(H,17,18,19). The lowest BCUT2D eigenvalue weighted by molar-refractivity contribution is 0.111. The zero-order valence-corrected chi connectivity index (χ0v) is 13.2.